The molecule has 1 aromatic rings. The second-order valence-corrected chi connectivity index (χ2v) is 5.35. The second-order valence-electron chi connectivity index (χ2n) is 5.35. The maximum absolute atomic E-state index is 12.1. The van der Waals surface area contributed by atoms with Gasteiger partial charge in [0.25, 0.3) is 0 Å². The fourth-order valence-corrected chi connectivity index (χ4v) is 2.61. The molecular weight excluding hydrogens is 262 g/mol. The standard InChI is InChI=1S/C15H22F2N2O/c1-11(18-10-13-4-3-9-19(13)2)12-5-7-14(8-6-12)20-15(16)17/h5-8,11,13,15,18H,3-4,9-10H2,1-2H3. The average Bonchev–Trinajstić information content (AvgIpc) is 2.82. The molecule has 0 aliphatic carbocycles. The van der Waals surface area contributed by atoms with Crippen molar-refractivity contribution in [3.05, 3.63) is 29.8 Å². The zero-order valence-corrected chi connectivity index (χ0v) is 12.0. The molecule has 3 nitrogen and oxygen atoms in total. The van der Waals surface area contributed by atoms with Crippen LogP contribution in [0.4, 0.5) is 8.78 Å². The summed E-state index contributed by atoms with van der Waals surface area (Å²) < 4.78 is 28.5. The van der Waals surface area contributed by atoms with Gasteiger partial charge in [0, 0.05) is 18.6 Å². The SMILES string of the molecule is CC(NCC1CCCN1C)c1ccc(OC(F)F)cc1. The molecule has 1 heterocycles. The third-order valence-electron chi connectivity index (χ3n) is 3.94. The predicted octanol–water partition coefficient (Wildman–Crippen LogP) is 3.03. The monoisotopic (exact) mass is 284 g/mol. The summed E-state index contributed by atoms with van der Waals surface area (Å²) in [4.78, 5) is 2.37. The summed E-state index contributed by atoms with van der Waals surface area (Å²) in [6, 6.07) is 7.62. The van der Waals surface area contributed by atoms with E-state index < -0.39 is 6.61 Å². The lowest BCUT2D eigenvalue weighted by atomic mass is 10.1. The van der Waals surface area contributed by atoms with Crippen molar-refractivity contribution in [3.8, 4) is 5.75 Å². The van der Waals surface area contributed by atoms with Gasteiger partial charge in [-0.25, -0.2) is 0 Å². The van der Waals surface area contributed by atoms with Crippen LogP contribution in [0.5, 0.6) is 5.75 Å². The molecule has 0 spiro atoms. The van der Waals surface area contributed by atoms with Crippen molar-refractivity contribution in [2.75, 3.05) is 20.1 Å². The first kappa shape index (κ1) is 15.2. The number of ether oxygens (including phenoxy) is 1. The van der Waals surface area contributed by atoms with E-state index in [1.165, 1.54) is 19.4 Å². The van der Waals surface area contributed by atoms with E-state index in [0.29, 0.717) is 6.04 Å². The lowest BCUT2D eigenvalue weighted by Gasteiger charge is -2.22. The summed E-state index contributed by atoms with van der Waals surface area (Å²) >= 11 is 0. The van der Waals surface area contributed by atoms with E-state index in [9.17, 15) is 8.78 Å². The van der Waals surface area contributed by atoms with Gasteiger partial charge in [0.15, 0.2) is 0 Å². The normalized spacial score (nSPS) is 21.4. The zero-order chi connectivity index (χ0) is 14.5. The maximum Gasteiger partial charge on any atom is 0.387 e. The Hall–Kier alpha value is -1.20. The van der Waals surface area contributed by atoms with Crippen molar-refractivity contribution >= 4 is 0 Å². The van der Waals surface area contributed by atoms with Crippen LogP contribution in [0.25, 0.3) is 0 Å². The molecule has 1 aliphatic rings. The molecule has 2 atom stereocenters. The molecule has 1 aromatic carbocycles. The fraction of sp³-hybridized carbons (Fsp3) is 0.600. The molecular formula is C15H22F2N2O. The first-order valence-electron chi connectivity index (χ1n) is 7.04. The van der Waals surface area contributed by atoms with Gasteiger partial charge in [-0.05, 0) is 51.1 Å². The van der Waals surface area contributed by atoms with Crippen molar-refractivity contribution in [2.24, 2.45) is 0 Å². The van der Waals surface area contributed by atoms with E-state index in [1.54, 1.807) is 12.1 Å². The quantitative estimate of drug-likeness (QED) is 0.869. The molecule has 0 bridgehead atoms. The Kier molecular flexibility index (Phi) is 5.31. The third kappa shape index (κ3) is 4.15. The number of hydrogen-bond donors (Lipinski definition) is 1. The number of alkyl halides is 2. The number of benzene rings is 1. The highest BCUT2D eigenvalue weighted by Crippen LogP contribution is 2.20. The Morgan fingerprint density at radius 1 is 1.35 bits per heavy atom. The Bertz CT molecular complexity index is 411. The molecule has 0 saturated carbocycles. The van der Waals surface area contributed by atoms with Crippen molar-refractivity contribution in [1.29, 1.82) is 0 Å². The fourth-order valence-electron chi connectivity index (χ4n) is 2.61. The summed E-state index contributed by atoms with van der Waals surface area (Å²) in [5.41, 5.74) is 1.08. The number of hydrogen-bond acceptors (Lipinski definition) is 3. The minimum absolute atomic E-state index is 0.199. The van der Waals surface area contributed by atoms with Crippen LogP contribution in [0.15, 0.2) is 24.3 Å². The van der Waals surface area contributed by atoms with Crippen molar-refractivity contribution in [2.45, 2.75) is 38.5 Å². The van der Waals surface area contributed by atoms with Crippen LogP contribution in [-0.2, 0) is 0 Å². The van der Waals surface area contributed by atoms with Gasteiger partial charge in [-0.3, -0.25) is 0 Å². The van der Waals surface area contributed by atoms with Crippen molar-refractivity contribution < 1.29 is 13.5 Å². The van der Waals surface area contributed by atoms with E-state index in [4.69, 9.17) is 0 Å². The topological polar surface area (TPSA) is 24.5 Å². The molecule has 5 heteroatoms. The van der Waals surface area contributed by atoms with Crippen LogP contribution < -0.4 is 10.1 Å². The van der Waals surface area contributed by atoms with E-state index >= 15 is 0 Å². The van der Waals surface area contributed by atoms with Crippen LogP contribution in [0.3, 0.4) is 0 Å². The van der Waals surface area contributed by atoms with E-state index in [1.807, 2.05) is 12.1 Å². The number of rotatable bonds is 6. The van der Waals surface area contributed by atoms with Gasteiger partial charge < -0.3 is 15.0 Å². The summed E-state index contributed by atoms with van der Waals surface area (Å²) in [6.07, 6.45) is 2.49. The van der Waals surface area contributed by atoms with Crippen LogP contribution in [0, 0.1) is 0 Å². The minimum Gasteiger partial charge on any atom is -0.435 e. The highest BCUT2D eigenvalue weighted by atomic mass is 19.3. The highest BCUT2D eigenvalue weighted by molar-refractivity contribution is 5.28. The van der Waals surface area contributed by atoms with Gasteiger partial charge in [0.1, 0.15) is 5.75 Å². The Labute approximate surface area is 118 Å². The summed E-state index contributed by atoms with van der Waals surface area (Å²) in [5.74, 6) is 0.200. The summed E-state index contributed by atoms with van der Waals surface area (Å²) in [5, 5.41) is 3.50. The molecule has 112 valence electrons. The lowest BCUT2D eigenvalue weighted by Crippen LogP contribution is -2.36. The summed E-state index contributed by atoms with van der Waals surface area (Å²) in [7, 11) is 2.15. The average molecular weight is 284 g/mol. The lowest BCUT2D eigenvalue weighted by molar-refractivity contribution is -0.0498. The highest BCUT2D eigenvalue weighted by Gasteiger charge is 2.21. The van der Waals surface area contributed by atoms with Crippen LogP contribution in [0.2, 0.25) is 0 Å². The van der Waals surface area contributed by atoms with Gasteiger partial charge in [-0.2, -0.15) is 8.78 Å². The zero-order valence-electron chi connectivity index (χ0n) is 12.0. The summed E-state index contributed by atoms with van der Waals surface area (Å²) in [6.45, 7) is 1.43. The smallest absolute Gasteiger partial charge is 0.387 e. The Morgan fingerprint density at radius 3 is 2.60 bits per heavy atom. The predicted molar refractivity (Wildman–Crippen MR) is 75.1 cm³/mol. The molecule has 2 rings (SSSR count). The largest absolute Gasteiger partial charge is 0.435 e. The number of nitrogens with one attached hydrogen (secondary N) is 1. The minimum atomic E-state index is -2.77. The Morgan fingerprint density at radius 2 is 2.05 bits per heavy atom. The Balaban J connectivity index is 1.84. The number of nitrogens with zero attached hydrogens (tertiary/aromatic N) is 1. The van der Waals surface area contributed by atoms with Crippen LogP contribution >= 0.6 is 0 Å². The van der Waals surface area contributed by atoms with Crippen LogP contribution in [0.1, 0.15) is 31.4 Å². The van der Waals surface area contributed by atoms with E-state index in [0.717, 1.165) is 12.1 Å². The molecule has 2 unspecified atom stereocenters. The molecule has 1 saturated heterocycles. The first-order valence-corrected chi connectivity index (χ1v) is 7.04. The van der Waals surface area contributed by atoms with Gasteiger partial charge in [0.2, 0.25) is 0 Å². The molecule has 0 aromatic heterocycles. The van der Waals surface area contributed by atoms with Crippen LogP contribution in [-0.4, -0.2) is 37.7 Å². The van der Waals surface area contributed by atoms with Crippen molar-refractivity contribution in [1.82, 2.24) is 10.2 Å². The molecule has 20 heavy (non-hydrogen) atoms. The molecule has 0 amide bonds. The molecule has 1 fully saturated rings. The first-order chi connectivity index (χ1) is 9.56. The van der Waals surface area contributed by atoms with Gasteiger partial charge in [-0.1, -0.05) is 12.1 Å². The number of likely N-dealkylation sites (tertiary alicyclic amines) is 1. The van der Waals surface area contributed by atoms with Gasteiger partial charge in [-0.15, -0.1) is 0 Å². The number of likely N-dealkylation sites (N-methyl/N-ethyl adjacent to an activating group) is 1. The molecule has 0 radical (unpaired) electrons. The molecule has 1 aliphatic heterocycles. The maximum atomic E-state index is 12.1. The second kappa shape index (κ2) is 6.99. The van der Waals surface area contributed by atoms with Gasteiger partial charge in [0.05, 0.1) is 0 Å². The van der Waals surface area contributed by atoms with Crippen molar-refractivity contribution in [3.63, 3.8) is 0 Å². The third-order valence-corrected chi connectivity index (χ3v) is 3.94. The van der Waals surface area contributed by atoms with E-state index in [2.05, 4.69) is 28.9 Å². The van der Waals surface area contributed by atoms with Gasteiger partial charge >= 0.3 is 6.61 Å². The molecule has 1 N–H and O–H groups in total. The number of halogens is 2. The van der Waals surface area contributed by atoms with E-state index in [-0.39, 0.29) is 11.8 Å².